The summed E-state index contributed by atoms with van der Waals surface area (Å²) in [6.45, 7) is 2.13. The summed E-state index contributed by atoms with van der Waals surface area (Å²) < 4.78 is 40.8. The monoisotopic (exact) mass is 445 g/mol. The van der Waals surface area contributed by atoms with Crippen molar-refractivity contribution >= 4 is 11.8 Å². The predicted molar refractivity (Wildman–Crippen MR) is 108 cm³/mol. The van der Waals surface area contributed by atoms with Gasteiger partial charge in [0.15, 0.2) is 0 Å². The molecule has 4 saturated carbocycles. The Morgan fingerprint density at radius 2 is 1.55 bits per heavy atom. The second-order valence-corrected chi connectivity index (χ2v) is 10.1. The van der Waals surface area contributed by atoms with E-state index in [0.29, 0.717) is 56.9 Å². The van der Waals surface area contributed by atoms with Gasteiger partial charge in [-0.3, -0.25) is 14.5 Å². The summed E-state index contributed by atoms with van der Waals surface area (Å²) in [6, 6.07) is 0. The summed E-state index contributed by atoms with van der Waals surface area (Å²) in [5, 5.41) is 2.96. The van der Waals surface area contributed by atoms with Gasteiger partial charge in [-0.2, -0.15) is 13.2 Å². The lowest BCUT2D eigenvalue weighted by molar-refractivity contribution is -0.174. The minimum absolute atomic E-state index is 0.0498. The number of hydrogen-bond donors (Lipinski definition) is 1. The SMILES string of the molecule is O=C(CNC(=O)C12CC3CC(CC(C3)C1)C2)N1CCN(CCCOCC(F)(F)F)CC1. The van der Waals surface area contributed by atoms with Crippen molar-refractivity contribution in [1.29, 1.82) is 0 Å². The van der Waals surface area contributed by atoms with Crippen LogP contribution in [0.1, 0.15) is 44.9 Å². The van der Waals surface area contributed by atoms with Crippen molar-refractivity contribution in [1.82, 2.24) is 15.1 Å². The van der Waals surface area contributed by atoms with Crippen LogP contribution in [0.2, 0.25) is 0 Å². The zero-order valence-electron chi connectivity index (χ0n) is 18.1. The van der Waals surface area contributed by atoms with Crippen LogP contribution in [-0.4, -0.2) is 80.3 Å². The van der Waals surface area contributed by atoms with E-state index in [1.807, 2.05) is 0 Å². The second kappa shape index (κ2) is 9.25. The van der Waals surface area contributed by atoms with E-state index in [4.69, 9.17) is 0 Å². The average molecular weight is 446 g/mol. The summed E-state index contributed by atoms with van der Waals surface area (Å²) in [6.07, 6.45) is 3.07. The number of nitrogens with zero attached hydrogens (tertiary/aromatic N) is 2. The smallest absolute Gasteiger partial charge is 0.372 e. The first-order valence-corrected chi connectivity index (χ1v) is 11.7. The average Bonchev–Trinajstić information content (AvgIpc) is 2.70. The molecular formula is C22H34F3N3O3. The Hall–Kier alpha value is -1.35. The third-order valence-corrected chi connectivity index (χ3v) is 7.67. The first kappa shape index (κ1) is 22.8. The molecule has 1 aliphatic heterocycles. The molecule has 5 fully saturated rings. The van der Waals surface area contributed by atoms with Gasteiger partial charge in [-0.25, -0.2) is 0 Å². The van der Waals surface area contributed by atoms with Gasteiger partial charge in [-0.05, 0) is 62.7 Å². The molecule has 2 amide bonds. The van der Waals surface area contributed by atoms with Crippen LogP contribution >= 0.6 is 0 Å². The van der Waals surface area contributed by atoms with Crippen molar-refractivity contribution in [3.05, 3.63) is 0 Å². The summed E-state index contributed by atoms with van der Waals surface area (Å²) in [5.74, 6) is 2.11. The summed E-state index contributed by atoms with van der Waals surface area (Å²) in [7, 11) is 0. The standard InChI is InChI=1S/C22H34F3N3O3/c23-22(24,25)15-31-7-1-2-27-3-5-28(6-4-27)19(29)14-26-20(30)21-11-16-8-17(12-21)10-18(9-16)13-21/h16-18H,1-15H2,(H,26,30). The number of nitrogens with one attached hydrogen (secondary N) is 1. The van der Waals surface area contributed by atoms with Gasteiger partial charge in [-0.15, -0.1) is 0 Å². The highest BCUT2D eigenvalue weighted by Crippen LogP contribution is 2.60. The fourth-order valence-corrected chi connectivity index (χ4v) is 6.64. The van der Waals surface area contributed by atoms with E-state index in [9.17, 15) is 22.8 Å². The Morgan fingerprint density at radius 3 is 2.10 bits per heavy atom. The number of rotatable bonds is 8. The van der Waals surface area contributed by atoms with Gasteiger partial charge in [0.2, 0.25) is 11.8 Å². The number of amides is 2. The Morgan fingerprint density at radius 1 is 0.968 bits per heavy atom. The Balaban J connectivity index is 1.13. The van der Waals surface area contributed by atoms with Crippen molar-refractivity contribution in [2.45, 2.75) is 51.1 Å². The lowest BCUT2D eigenvalue weighted by atomic mass is 9.49. The Labute approximate surface area is 181 Å². The molecule has 31 heavy (non-hydrogen) atoms. The quantitative estimate of drug-likeness (QED) is 0.583. The van der Waals surface area contributed by atoms with E-state index in [2.05, 4.69) is 15.0 Å². The normalized spacial score (nSPS) is 33.0. The van der Waals surface area contributed by atoms with Gasteiger partial charge in [0.05, 0.1) is 6.54 Å². The van der Waals surface area contributed by atoms with Crippen molar-refractivity contribution in [3.63, 3.8) is 0 Å². The van der Waals surface area contributed by atoms with E-state index in [1.54, 1.807) is 4.90 Å². The first-order valence-electron chi connectivity index (χ1n) is 11.7. The molecule has 0 unspecified atom stereocenters. The molecule has 4 bridgehead atoms. The topological polar surface area (TPSA) is 61.9 Å². The van der Waals surface area contributed by atoms with Crippen LogP contribution in [0.3, 0.4) is 0 Å². The third-order valence-electron chi connectivity index (χ3n) is 7.67. The summed E-state index contributed by atoms with van der Waals surface area (Å²) in [4.78, 5) is 29.5. The van der Waals surface area contributed by atoms with E-state index in [0.717, 1.165) is 19.3 Å². The molecule has 0 aromatic rings. The zero-order valence-corrected chi connectivity index (χ0v) is 18.1. The third kappa shape index (κ3) is 5.72. The van der Waals surface area contributed by atoms with Gasteiger partial charge < -0.3 is 15.0 Å². The van der Waals surface area contributed by atoms with Crippen molar-refractivity contribution in [3.8, 4) is 0 Å². The Bertz CT molecular complexity index is 627. The number of alkyl halides is 3. The van der Waals surface area contributed by atoms with Crippen molar-refractivity contribution in [2.24, 2.45) is 23.2 Å². The largest absolute Gasteiger partial charge is 0.411 e. The van der Waals surface area contributed by atoms with E-state index in [1.165, 1.54) is 19.3 Å². The summed E-state index contributed by atoms with van der Waals surface area (Å²) >= 11 is 0. The molecule has 176 valence electrons. The fourth-order valence-electron chi connectivity index (χ4n) is 6.64. The minimum atomic E-state index is -4.28. The van der Waals surface area contributed by atoms with Gasteiger partial charge in [0.1, 0.15) is 6.61 Å². The number of piperazine rings is 1. The predicted octanol–water partition coefficient (Wildman–Crippen LogP) is 2.43. The fraction of sp³-hybridized carbons (Fsp3) is 0.909. The Kier molecular flexibility index (Phi) is 6.82. The van der Waals surface area contributed by atoms with E-state index < -0.39 is 12.8 Å². The van der Waals surface area contributed by atoms with Crippen LogP contribution in [0.4, 0.5) is 13.2 Å². The van der Waals surface area contributed by atoms with Gasteiger partial charge >= 0.3 is 6.18 Å². The highest BCUT2D eigenvalue weighted by Gasteiger charge is 2.54. The van der Waals surface area contributed by atoms with Crippen LogP contribution in [-0.2, 0) is 14.3 Å². The van der Waals surface area contributed by atoms with Crippen molar-refractivity contribution in [2.75, 3.05) is 52.5 Å². The van der Waals surface area contributed by atoms with Gasteiger partial charge in [-0.1, -0.05) is 0 Å². The molecule has 1 heterocycles. The number of halogens is 3. The molecule has 0 spiro atoms. The molecule has 0 aromatic heterocycles. The first-order chi connectivity index (χ1) is 14.7. The van der Waals surface area contributed by atoms with E-state index >= 15 is 0 Å². The number of carbonyl (C=O) groups is 2. The zero-order chi connectivity index (χ0) is 22.1. The molecule has 5 aliphatic rings. The lowest BCUT2D eigenvalue weighted by Crippen LogP contribution is -2.56. The van der Waals surface area contributed by atoms with Gasteiger partial charge in [0.25, 0.3) is 0 Å². The number of carbonyl (C=O) groups excluding carboxylic acids is 2. The highest BCUT2D eigenvalue weighted by atomic mass is 19.4. The molecule has 0 radical (unpaired) electrons. The molecule has 0 atom stereocenters. The lowest BCUT2D eigenvalue weighted by Gasteiger charge is -2.55. The molecule has 4 aliphatic carbocycles. The molecular weight excluding hydrogens is 411 g/mol. The van der Waals surface area contributed by atoms with Crippen molar-refractivity contribution < 1.29 is 27.5 Å². The maximum absolute atomic E-state index is 13.0. The van der Waals surface area contributed by atoms with Crippen LogP contribution in [0.25, 0.3) is 0 Å². The maximum Gasteiger partial charge on any atom is 0.411 e. The van der Waals surface area contributed by atoms with Crippen LogP contribution in [0.5, 0.6) is 0 Å². The molecule has 9 heteroatoms. The second-order valence-electron chi connectivity index (χ2n) is 10.1. The molecule has 1 saturated heterocycles. The van der Waals surface area contributed by atoms with Crippen LogP contribution in [0, 0.1) is 23.2 Å². The number of ether oxygens (including phenoxy) is 1. The highest BCUT2D eigenvalue weighted by molar-refractivity contribution is 5.88. The number of hydrogen-bond acceptors (Lipinski definition) is 4. The minimum Gasteiger partial charge on any atom is -0.372 e. The molecule has 6 nitrogen and oxygen atoms in total. The maximum atomic E-state index is 13.0. The van der Waals surface area contributed by atoms with E-state index in [-0.39, 0.29) is 30.4 Å². The summed E-state index contributed by atoms with van der Waals surface area (Å²) in [5.41, 5.74) is -0.234. The van der Waals surface area contributed by atoms with Crippen LogP contribution < -0.4 is 5.32 Å². The van der Waals surface area contributed by atoms with Gasteiger partial charge in [0, 0.05) is 44.7 Å². The van der Waals surface area contributed by atoms with Crippen LogP contribution in [0.15, 0.2) is 0 Å². The molecule has 0 aromatic carbocycles. The molecule has 1 N–H and O–H groups in total. The molecule has 5 rings (SSSR count).